The fraction of sp³-hybridized carbons (Fsp3) is 0.261. The van der Waals surface area contributed by atoms with E-state index in [4.69, 9.17) is 4.74 Å². The van der Waals surface area contributed by atoms with E-state index < -0.39 is 18.2 Å². The van der Waals surface area contributed by atoms with Crippen LogP contribution in [-0.2, 0) is 19.6 Å². The topological polar surface area (TPSA) is 71.2 Å². The van der Waals surface area contributed by atoms with Crippen LogP contribution >= 0.6 is 0 Å². The van der Waals surface area contributed by atoms with Crippen molar-refractivity contribution in [2.24, 2.45) is 0 Å². The molecule has 0 aliphatic carbocycles. The molecule has 164 valence electrons. The van der Waals surface area contributed by atoms with E-state index in [0.717, 1.165) is 23.7 Å². The molecule has 0 saturated carbocycles. The Bertz CT molecular complexity index is 1180. The third-order valence-electron chi connectivity index (χ3n) is 5.30. The Morgan fingerprint density at radius 1 is 1.22 bits per heavy atom. The average Bonchev–Trinajstić information content (AvgIpc) is 3.35. The predicted octanol–water partition coefficient (Wildman–Crippen LogP) is 4.29. The molecule has 32 heavy (non-hydrogen) atoms. The average molecular weight is 440 g/mol. The van der Waals surface area contributed by atoms with Crippen LogP contribution < -0.4 is 4.74 Å². The summed E-state index contributed by atoms with van der Waals surface area (Å²) in [7, 11) is 0. The Balaban J connectivity index is 1.57. The highest BCUT2D eigenvalue weighted by Gasteiger charge is 2.39. The summed E-state index contributed by atoms with van der Waals surface area (Å²) in [5.74, 6) is -0.713. The van der Waals surface area contributed by atoms with Crippen molar-refractivity contribution in [3.63, 3.8) is 0 Å². The van der Waals surface area contributed by atoms with E-state index in [1.807, 2.05) is 41.1 Å². The van der Waals surface area contributed by atoms with Crippen molar-refractivity contribution in [3.05, 3.63) is 82.7 Å². The fourth-order valence-corrected chi connectivity index (χ4v) is 3.54. The molecule has 1 atom stereocenters. The minimum Gasteiger partial charge on any atom is -0.480 e. The molecule has 2 heterocycles. The van der Waals surface area contributed by atoms with E-state index in [0.29, 0.717) is 6.54 Å². The fourth-order valence-electron chi connectivity index (χ4n) is 3.54. The van der Waals surface area contributed by atoms with Gasteiger partial charge in [0.05, 0.1) is 42.2 Å². The van der Waals surface area contributed by atoms with Crippen LogP contribution in [0, 0.1) is 11.3 Å². The van der Waals surface area contributed by atoms with Gasteiger partial charge < -0.3 is 9.64 Å². The lowest BCUT2D eigenvalue weighted by atomic mass is 10.1. The van der Waals surface area contributed by atoms with Gasteiger partial charge in [-0.05, 0) is 30.7 Å². The summed E-state index contributed by atoms with van der Waals surface area (Å²) >= 11 is 0. The van der Waals surface area contributed by atoms with Gasteiger partial charge in [-0.25, -0.2) is 0 Å². The van der Waals surface area contributed by atoms with E-state index in [1.165, 1.54) is 23.1 Å². The molecule has 9 heteroatoms. The van der Waals surface area contributed by atoms with Crippen LogP contribution in [0.1, 0.15) is 39.7 Å². The molecular formula is C23H19F3N4O2. The first-order valence-corrected chi connectivity index (χ1v) is 9.90. The quantitative estimate of drug-likeness (QED) is 0.594. The van der Waals surface area contributed by atoms with Crippen LogP contribution in [0.4, 0.5) is 13.2 Å². The van der Waals surface area contributed by atoms with Gasteiger partial charge >= 0.3 is 6.18 Å². The van der Waals surface area contributed by atoms with Gasteiger partial charge in [-0.2, -0.15) is 23.5 Å². The molecule has 0 N–H and O–H groups in total. The number of alkyl halides is 3. The summed E-state index contributed by atoms with van der Waals surface area (Å²) in [5.41, 5.74) is 2.88. The van der Waals surface area contributed by atoms with E-state index in [9.17, 15) is 23.2 Å². The molecule has 6 nitrogen and oxygen atoms in total. The van der Waals surface area contributed by atoms with E-state index >= 15 is 0 Å². The van der Waals surface area contributed by atoms with Gasteiger partial charge in [0.15, 0.2) is 6.10 Å². The maximum atomic E-state index is 13.2. The smallest absolute Gasteiger partial charge is 0.425 e. The third kappa shape index (κ3) is 4.30. The van der Waals surface area contributed by atoms with Crippen molar-refractivity contribution < 1.29 is 22.7 Å². The zero-order chi connectivity index (χ0) is 22.9. The molecule has 0 radical (unpaired) electrons. The van der Waals surface area contributed by atoms with Gasteiger partial charge in [0.1, 0.15) is 5.75 Å². The van der Waals surface area contributed by atoms with Gasteiger partial charge in [-0.15, -0.1) is 0 Å². The lowest BCUT2D eigenvalue weighted by Gasteiger charge is -2.22. The summed E-state index contributed by atoms with van der Waals surface area (Å²) in [6, 6.07) is 15.5. The molecular weight excluding hydrogens is 421 g/mol. The molecule has 2 aromatic carbocycles. The molecule has 0 saturated heterocycles. The number of aromatic nitrogens is 2. The van der Waals surface area contributed by atoms with Crippen LogP contribution in [-0.4, -0.2) is 32.9 Å². The molecule has 0 fully saturated rings. The second-order valence-electron chi connectivity index (χ2n) is 7.55. The number of hydrogen-bond acceptors (Lipinski definition) is 4. The Hall–Kier alpha value is -3.80. The first-order chi connectivity index (χ1) is 15.3. The van der Waals surface area contributed by atoms with E-state index in [2.05, 4.69) is 5.10 Å². The zero-order valence-corrected chi connectivity index (χ0v) is 17.1. The zero-order valence-electron chi connectivity index (χ0n) is 17.1. The molecule has 1 aromatic heterocycles. The second kappa shape index (κ2) is 8.38. The molecule has 0 bridgehead atoms. The van der Waals surface area contributed by atoms with Gasteiger partial charge in [0.25, 0.3) is 5.91 Å². The highest BCUT2D eigenvalue weighted by molar-refractivity contribution is 5.97. The van der Waals surface area contributed by atoms with E-state index in [1.54, 1.807) is 6.20 Å². The van der Waals surface area contributed by atoms with Crippen molar-refractivity contribution in [2.45, 2.75) is 38.8 Å². The van der Waals surface area contributed by atoms with Crippen molar-refractivity contribution >= 4 is 5.91 Å². The normalized spacial score (nSPS) is 14.0. The number of hydrogen-bond donors (Lipinski definition) is 0. The maximum Gasteiger partial charge on any atom is 0.425 e. The van der Waals surface area contributed by atoms with Gasteiger partial charge in [-0.3, -0.25) is 9.48 Å². The predicted molar refractivity (Wildman–Crippen MR) is 109 cm³/mol. The standard InChI is InChI=1S/C23H19F3N4O2/c1-15(23(24,25)26)32-21-8-7-17(10-27)9-19(21)22(31)29-13-18-11-28-30(20(18)14-29)12-16-5-3-2-4-6-16/h2-9,11,15H,12-14H2,1H3. The number of rotatable bonds is 5. The van der Waals surface area contributed by atoms with E-state index in [-0.39, 0.29) is 30.0 Å². The first kappa shape index (κ1) is 21.4. The van der Waals surface area contributed by atoms with Crippen LogP contribution in [0.25, 0.3) is 0 Å². The van der Waals surface area contributed by atoms with Crippen molar-refractivity contribution in [1.29, 1.82) is 5.26 Å². The Labute approximate surface area is 182 Å². The number of carbonyl (C=O) groups excluding carboxylic acids is 1. The number of nitrogens with zero attached hydrogens (tertiary/aromatic N) is 4. The minimum atomic E-state index is -4.58. The second-order valence-corrected chi connectivity index (χ2v) is 7.55. The molecule has 4 rings (SSSR count). The molecule has 1 amide bonds. The van der Waals surface area contributed by atoms with Crippen LogP contribution in [0.5, 0.6) is 5.75 Å². The Morgan fingerprint density at radius 3 is 2.66 bits per heavy atom. The molecule has 1 aliphatic rings. The number of carbonyl (C=O) groups is 1. The number of ether oxygens (including phenoxy) is 1. The maximum absolute atomic E-state index is 13.2. The molecule has 1 unspecified atom stereocenters. The summed E-state index contributed by atoms with van der Waals surface area (Å²) < 4.78 is 45.8. The number of amides is 1. The van der Waals surface area contributed by atoms with Crippen LogP contribution in [0.15, 0.2) is 54.7 Å². The minimum absolute atomic E-state index is 0.0760. The summed E-state index contributed by atoms with van der Waals surface area (Å²) in [5, 5.41) is 13.6. The SMILES string of the molecule is CC(Oc1ccc(C#N)cc1C(=O)N1Cc2cnn(Cc3ccccc3)c2C1)C(F)(F)F. The van der Waals surface area contributed by atoms with Gasteiger partial charge in [0.2, 0.25) is 0 Å². The number of benzene rings is 2. The van der Waals surface area contributed by atoms with Crippen molar-refractivity contribution in [3.8, 4) is 11.8 Å². The lowest BCUT2D eigenvalue weighted by molar-refractivity contribution is -0.189. The summed E-state index contributed by atoms with van der Waals surface area (Å²) in [4.78, 5) is 14.7. The lowest BCUT2D eigenvalue weighted by Crippen LogP contribution is -2.32. The molecule has 3 aromatic rings. The molecule has 1 aliphatic heterocycles. The van der Waals surface area contributed by atoms with Crippen LogP contribution in [0.2, 0.25) is 0 Å². The monoisotopic (exact) mass is 440 g/mol. The van der Waals surface area contributed by atoms with Gasteiger partial charge in [-0.1, -0.05) is 30.3 Å². The largest absolute Gasteiger partial charge is 0.480 e. The Kier molecular flexibility index (Phi) is 5.61. The van der Waals surface area contributed by atoms with Crippen LogP contribution in [0.3, 0.4) is 0 Å². The highest BCUT2D eigenvalue weighted by atomic mass is 19.4. The summed E-state index contributed by atoms with van der Waals surface area (Å²) in [6.07, 6.45) is -4.99. The van der Waals surface area contributed by atoms with Crippen molar-refractivity contribution in [1.82, 2.24) is 14.7 Å². The number of halogens is 3. The Morgan fingerprint density at radius 2 is 1.97 bits per heavy atom. The summed E-state index contributed by atoms with van der Waals surface area (Å²) in [6.45, 7) is 1.94. The van der Waals surface area contributed by atoms with Crippen molar-refractivity contribution in [2.75, 3.05) is 0 Å². The third-order valence-corrected chi connectivity index (χ3v) is 5.30. The first-order valence-electron chi connectivity index (χ1n) is 9.90. The number of fused-ring (bicyclic) bond motifs is 1. The highest BCUT2D eigenvalue weighted by Crippen LogP contribution is 2.31. The number of nitriles is 1. The van der Waals surface area contributed by atoms with Gasteiger partial charge in [0, 0.05) is 12.1 Å². The molecule has 0 spiro atoms.